The highest BCUT2D eigenvalue weighted by molar-refractivity contribution is 7.88. The first-order valence-electron chi connectivity index (χ1n) is 4.75. The molecule has 0 bridgehead atoms. The Hall–Kier alpha value is -1.27. The summed E-state index contributed by atoms with van der Waals surface area (Å²) in [6.45, 7) is 4.78. The third-order valence-corrected chi connectivity index (χ3v) is 1.59. The predicted octanol–water partition coefficient (Wildman–Crippen LogP) is 1.04. The standard InChI is InChI=1S/C9H13NO.CH5NO2S/c1-3-10-8-5-4-7(2)9(11)6-8;1-5(2,3)4/h4-6,10-11H,3H2,1-2H3;1H3,(H2,2,3,4). The van der Waals surface area contributed by atoms with Crippen LogP contribution in [0.2, 0.25) is 0 Å². The van der Waals surface area contributed by atoms with Gasteiger partial charge in [0.2, 0.25) is 10.0 Å². The molecule has 0 saturated heterocycles. The van der Waals surface area contributed by atoms with Crippen molar-refractivity contribution < 1.29 is 13.5 Å². The number of phenols is 1. The number of nitrogens with one attached hydrogen (secondary N) is 1. The zero-order valence-corrected chi connectivity index (χ0v) is 10.5. The number of aromatic hydroxyl groups is 1. The largest absolute Gasteiger partial charge is 0.508 e. The molecule has 0 heterocycles. The molecule has 0 aliphatic carbocycles. The molecule has 16 heavy (non-hydrogen) atoms. The summed E-state index contributed by atoms with van der Waals surface area (Å²) in [4.78, 5) is 0. The number of anilines is 1. The van der Waals surface area contributed by atoms with E-state index in [4.69, 9.17) is 0 Å². The molecule has 0 amide bonds. The molecule has 0 fully saturated rings. The number of hydrogen-bond acceptors (Lipinski definition) is 4. The quantitative estimate of drug-likeness (QED) is 0.727. The summed E-state index contributed by atoms with van der Waals surface area (Å²) in [5, 5.41) is 16.7. The molecular formula is C10H18N2O3S. The molecule has 0 unspecified atom stereocenters. The maximum atomic E-state index is 9.41. The first-order chi connectivity index (χ1) is 7.24. The van der Waals surface area contributed by atoms with Crippen LogP contribution in [0.1, 0.15) is 12.5 Å². The summed E-state index contributed by atoms with van der Waals surface area (Å²) in [6, 6.07) is 5.59. The van der Waals surface area contributed by atoms with Gasteiger partial charge in [-0.15, -0.1) is 0 Å². The minimum absolute atomic E-state index is 0.350. The van der Waals surface area contributed by atoms with Crippen molar-refractivity contribution in [2.24, 2.45) is 5.14 Å². The summed E-state index contributed by atoms with van der Waals surface area (Å²) in [5.41, 5.74) is 1.88. The van der Waals surface area contributed by atoms with Crippen LogP contribution in [0.15, 0.2) is 18.2 Å². The van der Waals surface area contributed by atoms with Crippen LogP contribution >= 0.6 is 0 Å². The van der Waals surface area contributed by atoms with E-state index in [0.717, 1.165) is 24.1 Å². The molecule has 0 atom stereocenters. The molecule has 0 aromatic heterocycles. The van der Waals surface area contributed by atoms with Gasteiger partial charge in [0.1, 0.15) is 5.75 Å². The van der Waals surface area contributed by atoms with Crippen molar-refractivity contribution in [1.29, 1.82) is 0 Å². The van der Waals surface area contributed by atoms with Gasteiger partial charge >= 0.3 is 0 Å². The van der Waals surface area contributed by atoms with E-state index in [0.29, 0.717) is 5.75 Å². The van der Waals surface area contributed by atoms with E-state index in [-0.39, 0.29) is 0 Å². The Morgan fingerprint density at radius 3 is 2.31 bits per heavy atom. The second kappa shape index (κ2) is 6.34. The van der Waals surface area contributed by atoms with Crippen LogP contribution in [0.25, 0.3) is 0 Å². The third-order valence-electron chi connectivity index (χ3n) is 1.59. The van der Waals surface area contributed by atoms with Crippen LogP contribution in [-0.2, 0) is 10.0 Å². The molecular weight excluding hydrogens is 228 g/mol. The Morgan fingerprint density at radius 1 is 1.44 bits per heavy atom. The van der Waals surface area contributed by atoms with E-state index in [2.05, 4.69) is 10.5 Å². The van der Waals surface area contributed by atoms with Gasteiger partial charge in [0, 0.05) is 18.3 Å². The monoisotopic (exact) mass is 246 g/mol. The number of primary sulfonamides is 1. The maximum absolute atomic E-state index is 9.41. The average molecular weight is 246 g/mol. The minimum atomic E-state index is -3.17. The summed E-state index contributed by atoms with van der Waals surface area (Å²) in [5.74, 6) is 0.350. The number of nitrogens with two attached hydrogens (primary N) is 1. The first kappa shape index (κ1) is 14.7. The fourth-order valence-electron chi connectivity index (χ4n) is 0.923. The Balaban J connectivity index is 0.000000385. The third kappa shape index (κ3) is 8.07. The number of sulfonamides is 1. The van der Waals surface area contributed by atoms with E-state index in [9.17, 15) is 13.5 Å². The highest BCUT2D eigenvalue weighted by atomic mass is 32.2. The van der Waals surface area contributed by atoms with Gasteiger partial charge in [0.05, 0.1) is 6.26 Å². The van der Waals surface area contributed by atoms with Crippen molar-refractivity contribution in [3.8, 4) is 5.75 Å². The Morgan fingerprint density at radius 2 is 1.94 bits per heavy atom. The van der Waals surface area contributed by atoms with Crippen molar-refractivity contribution in [3.63, 3.8) is 0 Å². The van der Waals surface area contributed by atoms with Gasteiger partial charge in [-0.3, -0.25) is 0 Å². The van der Waals surface area contributed by atoms with E-state index in [1.54, 1.807) is 6.07 Å². The predicted molar refractivity (Wildman–Crippen MR) is 66.0 cm³/mol. The lowest BCUT2D eigenvalue weighted by molar-refractivity contribution is 0.471. The van der Waals surface area contributed by atoms with E-state index < -0.39 is 10.0 Å². The van der Waals surface area contributed by atoms with Crippen molar-refractivity contribution in [3.05, 3.63) is 23.8 Å². The molecule has 0 aliphatic rings. The molecule has 1 aromatic rings. The molecule has 0 saturated carbocycles. The van der Waals surface area contributed by atoms with Crippen LogP contribution < -0.4 is 10.5 Å². The molecule has 0 spiro atoms. The number of hydrogen-bond donors (Lipinski definition) is 3. The fraction of sp³-hybridized carbons (Fsp3) is 0.400. The smallest absolute Gasteiger partial charge is 0.206 e. The van der Waals surface area contributed by atoms with Crippen LogP contribution in [-0.4, -0.2) is 26.3 Å². The molecule has 0 aliphatic heterocycles. The van der Waals surface area contributed by atoms with Crippen LogP contribution in [0.3, 0.4) is 0 Å². The molecule has 1 rings (SSSR count). The molecule has 92 valence electrons. The highest BCUT2D eigenvalue weighted by Gasteiger charge is 1.95. The van der Waals surface area contributed by atoms with Crippen molar-refractivity contribution in [2.45, 2.75) is 13.8 Å². The van der Waals surface area contributed by atoms with Gasteiger partial charge in [0.15, 0.2) is 0 Å². The zero-order valence-electron chi connectivity index (χ0n) is 9.69. The zero-order chi connectivity index (χ0) is 12.8. The molecule has 6 heteroatoms. The van der Waals surface area contributed by atoms with Gasteiger partial charge in [-0.2, -0.15) is 0 Å². The topological polar surface area (TPSA) is 92.4 Å². The Kier molecular flexibility index (Phi) is 5.84. The summed E-state index contributed by atoms with van der Waals surface area (Å²) >= 11 is 0. The van der Waals surface area contributed by atoms with E-state index >= 15 is 0 Å². The van der Waals surface area contributed by atoms with Gasteiger partial charge in [-0.25, -0.2) is 13.6 Å². The average Bonchev–Trinajstić information content (AvgIpc) is 2.09. The SMILES string of the molecule is CCNc1ccc(C)c(O)c1.CS(N)(=O)=O. The fourth-order valence-corrected chi connectivity index (χ4v) is 0.923. The second-order valence-electron chi connectivity index (χ2n) is 3.36. The summed E-state index contributed by atoms with van der Waals surface area (Å²) in [6.07, 6.45) is 0.938. The van der Waals surface area contributed by atoms with E-state index in [1.807, 2.05) is 26.0 Å². The van der Waals surface area contributed by atoms with Gasteiger partial charge in [-0.1, -0.05) is 6.07 Å². The number of phenolic OH excluding ortho intramolecular Hbond substituents is 1. The summed E-state index contributed by atoms with van der Waals surface area (Å²) < 4.78 is 18.8. The lowest BCUT2D eigenvalue weighted by Crippen LogP contribution is -2.07. The number of benzene rings is 1. The van der Waals surface area contributed by atoms with Gasteiger partial charge < -0.3 is 10.4 Å². The summed E-state index contributed by atoms with van der Waals surface area (Å²) in [7, 11) is -3.17. The van der Waals surface area contributed by atoms with Crippen LogP contribution in [0, 0.1) is 6.92 Å². The number of rotatable bonds is 2. The van der Waals surface area contributed by atoms with Gasteiger partial charge in [-0.05, 0) is 25.5 Å². The van der Waals surface area contributed by atoms with Crippen molar-refractivity contribution in [2.75, 3.05) is 18.1 Å². The molecule has 4 N–H and O–H groups in total. The molecule has 1 aromatic carbocycles. The second-order valence-corrected chi connectivity index (χ2v) is 5.02. The lowest BCUT2D eigenvalue weighted by atomic mass is 10.2. The highest BCUT2D eigenvalue weighted by Crippen LogP contribution is 2.20. The van der Waals surface area contributed by atoms with Crippen LogP contribution in [0.4, 0.5) is 5.69 Å². The molecule has 0 radical (unpaired) electrons. The Labute approximate surface area is 96.3 Å². The lowest BCUT2D eigenvalue weighted by Gasteiger charge is -2.04. The first-order valence-corrected chi connectivity index (χ1v) is 6.70. The van der Waals surface area contributed by atoms with Gasteiger partial charge in [0.25, 0.3) is 0 Å². The van der Waals surface area contributed by atoms with Crippen molar-refractivity contribution >= 4 is 15.7 Å². The maximum Gasteiger partial charge on any atom is 0.206 e. The normalized spacial score (nSPS) is 10.2. The van der Waals surface area contributed by atoms with E-state index in [1.165, 1.54) is 0 Å². The van der Waals surface area contributed by atoms with Crippen molar-refractivity contribution in [1.82, 2.24) is 0 Å². The molecule has 5 nitrogen and oxygen atoms in total. The van der Waals surface area contributed by atoms with Crippen LogP contribution in [0.5, 0.6) is 5.75 Å². The number of aryl methyl sites for hydroxylation is 1. The minimum Gasteiger partial charge on any atom is -0.508 e. The Bertz CT molecular complexity index is 422.